The van der Waals surface area contributed by atoms with Crippen LogP contribution in [0.25, 0.3) is 0 Å². The third-order valence-electron chi connectivity index (χ3n) is 2.47. The molecular formula is C15H22N2O5. The first-order chi connectivity index (χ1) is 10.2. The highest BCUT2D eigenvalue weighted by atomic mass is 16.6. The Kier molecular flexibility index (Phi) is 6.03. The smallest absolute Gasteiger partial charge is 0.408 e. The highest BCUT2D eigenvalue weighted by molar-refractivity contribution is 5.81. The molecule has 1 amide bonds. The molecule has 0 radical (unpaired) electrons. The van der Waals surface area contributed by atoms with Gasteiger partial charge in [0.25, 0.3) is 0 Å². The van der Waals surface area contributed by atoms with Crippen LogP contribution in [-0.2, 0) is 14.3 Å². The number of alkyl carbamates (subject to hydrolysis) is 1. The molecule has 0 spiro atoms. The van der Waals surface area contributed by atoms with Gasteiger partial charge in [0.1, 0.15) is 18.0 Å². The minimum absolute atomic E-state index is 0.0875. The van der Waals surface area contributed by atoms with Crippen molar-refractivity contribution in [3.63, 3.8) is 0 Å². The predicted octanol–water partition coefficient (Wildman–Crippen LogP) is 1.71. The molecule has 1 aromatic rings. The molecule has 0 saturated carbocycles. The molecule has 1 aromatic carbocycles. The number of hydrogen-bond acceptors (Lipinski definition) is 6. The number of nitrogens with one attached hydrogen (secondary N) is 1. The van der Waals surface area contributed by atoms with Crippen LogP contribution in [0.2, 0.25) is 0 Å². The van der Waals surface area contributed by atoms with Crippen molar-refractivity contribution in [2.24, 2.45) is 0 Å². The van der Waals surface area contributed by atoms with E-state index >= 15 is 0 Å². The molecule has 7 nitrogen and oxygen atoms in total. The second-order valence-electron chi connectivity index (χ2n) is 5.60. The quantitative estimate of drug-likeness (QED) is 0.634. The Labute approximate surface area is 129 Å². The number of hydrogen-bond donors (Lipinski definition) is 2. The van der Waals surface area contributed by atoms with E-state index in [-0.39, 0.29) is 6.61 Å². The molecule has 0 bridgehead atoms. The van der Waals surface area contributed by atoms with Gasteiger partial charge in [0.15, 0.2) is 6.04 Å². The molecule has 0 fully saturated rings. The van der Waals surface area contributed by atoms with Crippen LogP contribution in [0.15, 0.2) is 24.3 Å². The molecule has 1 rings (SSSR count). The maximum Gasteiger partial charge on any atom is 0.408 e. The average Bonchev–Trinajstić information content (AvgIpc) is 2.42. The SMILES string of the molecule is COC(=O)[C@@H](COc1ccc(N)cc1)NC(=O)OC(C)(C)C. The van der Waals surface area contributed by atoms with Gasteiger partial charge in [-0.2, -0.15) is 0 Å². The van der Waals surface area contributed by atoms with Crippen LogP contribution in [0.3, 0.4) is 0 Å². The summed E-state index contributed by atoms with van der Waals surface area (Å²) < 4.78 is 15.2. The van der Waals surface area contributed by atoms with Gasteiger partial charge in [0.2, 0.25) is 0 Å². The first-order valence-electron chi connectivity index (χ1n) is 6.77. The molecule has 0 aliphatic carbocycles. The Hall–Kier alpha value is -2.44. The molecule has 0 unspecified atom stereocenters. The molecule has 1 atom stereocenters. The number of nitrogen functional groups attached to an aromatic ring is 1. The summed E-state index contributed by atoms with van der Waals surface area (Å²) >= 11 is 0. The Morgan fingerprint density at radius 3 is 2.32 bits per heavy atom. The topological polar surface area (TPSA) is 99.9 Å². The van der Waals surface area contributed by atoms with Crippen LogP contribution in [-0.4, -0.2) is 37.4 Å². The van der Waals surface area contributed by atoms with Gasteiger partial charge in [0.05, 0.1) is 7.11 Å². The molecule has 7 heteroatoms. The van der Waals surface area contributed by atoms with Crippen molar-refractivity contribution in [2.75, 3.05) is 19.5 Å². The summed E-state index contributed by atoms with van der Waals surface area (Å²) in [5.74, 6) is -0.101. The summed E-state index contributed by atoms with van der Waals surface area (Å²) in [5.41, 5.74) is 5.51. The second kappa shape index (κ2) is 7.53. The van der Waals surface area contributed by atoms with E-state index in [2.05, 4.69) is 10.1 Å². The van der Waals surface area contributed by atoms with E-state index < -0.39 is 23.7 Å². The van der Waals surface area contributed by atoms with Crippen LogP contribution in [0.4, 0.5) is 10.5 Å². The predicted molar refractivity (Wildman–Crippen MR) is 81.5 cm³/mol. The van der Waals surface area contributed by atoms with Gasteiger partial charge in [-0.25, -0.2) is 9.59 Å². The molecule has 22 heavy (non-hydrogen) atoms. The summed E-state index contributed by atoms with van der Waals surface area (Å²) in [6.07, 6.45) is -0.719. The van der Waals surface area contributed by atoms with Crippen LogP contribution in [0, 0.1) is 0 Å². The average molecular weight is 310 g/mol. The third-order valence-corrected chi connectivity index (χ3v) is 2.47. The molecule has 0 aromatic heterocycles. The van der Waals surface area contributed by atoms with Crippen molar-refractivity contribution in [1.82, 2.24) is 5.32 Å². The Morgan fingerprint density at radius 2 is 1.82 bits per heavy atom. The first-order valence-corrected chi connectivity index (χ1v) is 6.77. The number of anilines is 1. The molecular weight excluding hydrogens is 288 g/mol. The molecule has 0 saturated heterocycles. The number of carbonyl (C=O) groups is 2. The van der Waals surface area contributed by atoms with Crippen molar-refractivity contribution in [1.29, 1.82) is 0 Å². The fourth-order valence-corrected chi connectivity index (χ4v) is 1.50. The Bertz CT molecular complexity index is 508. The number of carbonyl (C=O) groups excluding carboxylic acids is 2. The molecule has 0 aliphatic rings. The highest BCUT2D eigenvalue weighted by Crippen LogP contribution is 2.13. The fraction of sp³-hybridized carbons (Fsp3) is 0.467. The number of esters is 1. The van der Waals surface area contributed by atoms with Gasteiger partial charge in [-0.3, -0.25) is 0 Å². The molecule has 3 N–H and O–H groups in total. The second-order valence-corrected chi connectivity index (χ2v) is 5.60. The maximum absolute atomic E-state index is 11.7. The number of methoxy groups -OCH3 is 1. The lowest BCUT2D eigenvalue weighted by Gasteiger charge is -2.22. The maximum atomic E-state index is 11.7. The van der Waals surface area contributed by atoms with Gasteiger partial charge < -0.3 is 25.3 Å². The zero-order valence-electron chi connectivity index (χ0n) is 13.2. The van der Waals surface area contributed by atoms with Crippen LogP contribution in [0.1, 0.15) is 20.8 Å². The standard InChI is InChI=1S/C15H22N2O5/c1-15(2,3)22-14(19)17-12(13(18)20-4)9-21-11-7-5-10(16)6-8-11/h5-8,12H,9,16H2,1-4H3,(H,17,19)/t12-/m1/s1. The lowest BCUT2D eigenvalue weighted by atomic mass is 10.2. The van der Waals surface area contributed by atoms with Crippen LogP contribution < -0.4 is 15.8 Å². The van der Waals surface area contributed by atoms with E-state index in [4.69, 9.17) is 15.2 Å². The van der Waals surface area contributed by atoms with E-state index in [1.807, 2.05) is 0 Å². The lowest BCUT2D eigenvalue weighted by Crippen LogP contribution is -2.47. The van der Waals surface area contributed by atoms with E-state index in [9.17, 15) is 9.59 Å². The zero-order chi connectivity index (χ0) is 16.8. The van der Waals surface area contributed by atoms with Crippen LogP contribution >= 0.6 is 0 Å². The van der Waals surface area contributed by atoms with E-state index in [0.717, 1.165) is 0 Å². The Morgan fingerprint density at radius 1 is 1.23 bits per heavy atom. The van der Waals surface area contributed by atoms with Gasteiger partial charge in [-0.15, -0.1) is 0 Å². The van der Waals surface area contributed by atoms with Gasteiger partial charge in [0, 0.05) is 5.69 Å². The summed E-state index contributed by atoms with van der Waals surface area (Å²) in [6.45, 7) is 5.09. The zero-order valence-corrected chi connectivity index (χ0v) is 13.2. The largest absolute Gasteiger partial charge is 0.491 e. The fourth-order valence-electron chi connectivity index (χ4n) is 1.50. The molecule has 0 heterocycles. The third kappa shape index (κ3) is 6.34. The first kappa shape index (κ1) is 17.6. The highest BCUT2D eigenvalue weighted by Gasteiger charge is 2.25. The number of benzene rings is 1. The minimum atomic E-state index is -0.975. The summed E-state index contributed by atoms with van der Waals surface area (Å²) in [4.78, 5) is 23.4. The van der Waals surface area contributed by atoms with E-state index in [1.54, 1.807) is 45.0 Å². The minimum Gasteiger partial charge on any atom is -0.491 e. The van der Waals surface area contributed by atoms with Crippen LogP contribution in [0.5, 0.6) is 5.75 Å². The summed E-state index contributed by atoms with van der Waals surface area (Å²) in [6, 6.07) is 5.69. The van der Waals surface area contributed by atoms with Crippen molar-refractivity contribution in [2.45, 2.75) is 32.4 Å². The molecule has 0 aliphatic heterocycles. The number of nitrogens with two attached hydrogens (primary N) is 1. The van der Waals surface area contributed by atoms with Gasteiger partial charge in [-0.1, -0.05) is 0 Å². The van der Waals surface area contributed by atoms with Crippen molar-refractivity contribution >= 4 is 17.7 Å². The van der Waals surface area contributed by atoms with Gasteiger partial charge in [-0.05, 0) is 45.0 Å². The summed E-state index contributed by atoms with van der Waals surface area (Å²) in [7, 11) is 1.23. The normalized spacial score (nSPS) is 12.2. The summed E-state index contributed by atoms with van der Waals surface area (Å²) in [5, 5.41) is 2.42. The molecule has 122 valence electrons. The number of ether oxygens (including phenoxy) is 3. The van der Waals surface area contributed by atoms with Crippen molar-refractivity contribution in [3.8, 4) is 5.75 Å². The van der Waals surface area contributed by atoms with Gasteiger partial charge >= 0.3 is 12.1 Å². The Balaban J connectivity index is 2.63. The number of rotatable bonds is 5. The monoisotopic (exact) mass is 310 g/mol. The van der Waals surface area contributed by atoms with E-state index in [1.165, 1.54) is 7.11 Å². The van der Waals surface area contributed by atoms with Crippen molar-refractivity contribution < 1.29 is 23.8 Å². The van der Waals surface area contributed by atoms with Crippen molar-refractivity contribution in [3.05, 3.63) is 24.3 Å². The lowest BCUT2D eigenvalue weighted by molar-refractivity contribution is -0.143. The van der Waals surface area contributed by atoms with E-state index in [0.29, 0.717) is 11.4 Å². The number of amides is 1.